The molecule has 0 spiro atoms. The lowest BCUT2D eigenvalue weighted by Gasteiger charge is -2.17. The molecular formula is C12H17BrN2O2S. The second-order valence-electron chi connectivity index (χ2n) is 4.74. The van der Waals surface area contributed by atoms with E-state index < -0.39 is 10.0 Å². The smallest absolute Gasteiger partial charge is 0.235 e. The van der Waals surface area contributed by atoms with E-state index in [1.165, 1.54) is 0 Å². The normalized spacial score (nSPS) is 17.0. The van der Waals surface area contributed by atoms with Gasteiger partial charge in [-0.25, -0.2) is 8.42 Å². The van der Waals surface area contributed by atoms with Crippen LogP contribution in [0, 0.1) is 6.92 Å². The van der Waals surface area contributed by atoms with Crippen molar-refractivity contribution >= 4 is 37.3 Å². The Hall–Kier alpha value is -0.750. The summed E-state index contributed by atoms with van der Waals surface area (Å²) in [4.78, 5) is 0. The first kappa shape index (κ1) is 13.7. The summed E-state index contributed by atoms with van der Waals surface area (Å²) >= 11 is 3.34. The molecule has 0 atom stereocenters. The predicted molar refractivity (Wildman–Crippen MR) is 78.1 cm³/mol. The Bertz CT molecular complexity index is 528. The Kier molecular flexibility index (Phi) is 3.87. The molecule has 0 radical (unpaired) electrons. The molecule has 0 bridgehead atoms. The third kappa shape index (κ3) is 2.80. The van der Waals surface area contributed by atoms with E-state index in [1.807, 2.05) is 13.0 Å². The van der Waals surface area contributed by atoms with Crippen molar-refractivity contribution in [2.45, 2.75) is 37.9 Å². The number of sulfonamides is 1. The Morgan fingerprint density at radius 1 is 1.33 bits per heavy atom. The van der Waals surface area contributed by atoms with Crippen LogP contribution in [-0.4, -0.2) is 13.7 Å². The molecule has 3 N–H and O–H groups in total. The van der Waals surface area contributed by atoms with Gasteiger partial charge in [-0.1, -0.05) is 28.8 Å². The molecule has 0 amide bonds. The van der Waals surface area contributed by atoms with Gasteiger partial charge in [-0.2, -0.15) is 0 Å². The molecule has 0 heterocycles. The van der Waals surface area contributed by atoms with Crippen LogP contribution in [0.3, 0.4) is 0 Å². The number of halogens is 1. The topological polar surface area (TPSA) is 72.2 Å². The number of nitrogens with one attached hydrogen (secondary N) is 1. The number of benzene rings is 1. The average molecular weight is 333 g/mol. The summed E-state index contributed by atoms with van der Waals surface area (Å²) in [6.07, 6.45) is 3.45. The lowest BCUT2D eigenvalue weighted by atomic mass is 10.2. The Morgan fingerprint density at radius 2 is 1.94 bits per heavy atom. The highest BCUT2D eigenvalue weighted by Gasteiger charge is 2.29. The van der Waals surface area contributed by atoms with E-state index in [2.05, 4.69) is 20.7 Å². The van der Waals surface area contributed by atoms with Gasteiger partial charge in [0.1, 0.15) is 0 Å². The van der Waals surface area contributed by atoms with E-state index in [0.717, 1.165) is 35.7 Å². The summed E-state index contributed by atoms with van der Waals surface area (Å²) < 4.78 is 27.9. The van der Waals surface area contributed by atoms with Crippen LogP contribution in [0.2, 0.25) is 0 Å². The first-order valence-electron chi connectivity index (χ1n) is 5.97. The van der Waals surface area contributed by atoms with Gasteiger partial charge in [0.15, 0.2) is 0 Å². The maximum absolute atomic E-state index is 12.2. The fourth-order valence-corrected chi connectivity index (χ4v) is 4.61. The summed E-state index contributed by atoms with van der Waals surface area (Å²) in [5.74, 6) is 0. The van der Waals surface area contributed by atoms with Crippen LogP contribution in [-0.2, 0) is 10.0 Å². The van der Waals surface area contributed by atoms with Crippen LogP contribution in [0.25, 0.3) is 0 Å². The van der Waals surface area contributed by atoms with Gasteiger partial charge < -0.3 is 5.73 Å². The Balaban J connectivity index is 2.29. The molecule has 1 saturated carbocycles. The van der Waals surface area contributed by atoms with Crippen molar-refractivity contribution in [1.82, 2.24) is 0 Å². The summed E-state index contributed by atoms with van der Waals surface area (Å²) in [6, 6.07) is 3.56. The second kappa shape index (κ2) is 5.09. The Labute approximate surface area is 116 Å². The van der Waals surface area contributed by atoms with Crippen molar-refractivity contribution in [2.24, 2.45) is 0 Å². The number of hydrogen-bond acceptors (Lipinski definition) is 3. The van der Waals surface area contributed by atoms with E-state index in [9.17, 15) is 8.42 Å². The highest BCUT2D eigenvalue weighted by molar-refractivity contribution is 9.10. The zero-order valence-electron chi connectivity index (χ0n) is 10.2. The quantitative estimate of drug-likeness (QED) is 0.835. The van der Waals surface area contributed by atoms with Gasteiger partial charge in [0.2, 0.25) is 10.0 Å². The number of rotatable bonds is 3. The maximum Gasteiger partial charge on any atom is 0.235 e. The van der Waals surface area contributed by atoms with Crippen molar-refractivity contribution in [2.75, 3.05) is 10.5 Å². The number of nitrogens with two attached hydrogens (primary N) is 1. The van der Waals surface area contributed by atoms with Crippen LogP contribution < -0.4 is 10.5 Å². The van der Waals surface area contributed by atoms with Crippen molar-refractivity contribution in [3.05, 3.63) is 22.2 Å². The first-order chi connectivity index (χ1) is 8.40. The van der Waals surface area contributed by atoms with Crippen LogP contribution in [0.15, 0.2) is 16.6 Å². The number of hydrogen-bond donors (Lipinski definition) is 2. The number of anilines is 2. The molecule has 0 aromatic heterocycles. The van der Waals surface area contributed by atoms with Crippen LogP contribution >= 0.6 is 15.9 Å². The summed E-state index contributed by atoms with van der Waals surface area (Å²) in [7, 11) is -3.32. The van der Waals surface area contributed by atoms with Crippen LogP contribution in [0.4, 0.5) is 11.4 Å². The van der Waals surface area contributed by atoms with Crippen LogP contribution in [0.1, 0.15) is 31.2 Å². The minimum Gasteiger partial charge on any atom is -0.397 e. The summed E-state index contributed by atoms with van der Waals surface area (Å²) in [5, 5.41) is -0.278. The maximum atomic E-state index is 12.2. The minimum atomic E-state index is -3.32. The predicted octanol–water partition coefficient (Wildman–Crippen LogP) is 3.02. The zero-order valence-corrected chi connectivity index (χ0v) is 12.6. The number of nitrogen functional groups attached to an aromatic ring is 1. The molecule has 100 valence electrons. The van der Waals surface area contributed by atoms with Gasteiger partial charge >= 0.3 is 0 Å². The van der Waals surface area contributed by atoms with Gasteiger partial charge in [0.05, 0.1) is 16.6 Å². The molecule has 2 rings (SSSR count). The molecule has 1 aromatic rings. The molecular weight excluding hydrogens is 316 g/mol. The van der Waals surface area contributed by atoms with Gasteiger partial charge in [-0.05, 0) is 37.5 Å². The van der Waals surface area contributed by atoms with Crippen LogP contribution in [0.5, 0.6) is 0 Å². The molecule has 6 heteroatoms. The van der Waals surface area contributed by atoms with E-state index >= 15 is 0 Å². The Morgan fingerprint density at radius 3 is 2.50 bits per heavy atom. The van der Waals surface area contributed by atoms with Gasteiger partial charge in [-0.15, -0.1) is 0 Å². The van der Waals surface area contributed by atoms with E-state index in [4.69, 9.17) is 5.73 Å². The average Bonchev–Trinajstić information content (AvgIpc) is 2.77. The van der Waals surface area contributed by atoms with E-state index in [-0.39, 0.29) is 5.25 Å². The van der Waals surface area contributed by atoms with Crippen molar-refractivity contribution in [3.8, 4) is 0 Å². The third-order valence-corrected chi connectivity index (χ3v) is 5.61. The monoisotopic (exact) mass is 332 g/mol. The molecule has 0 unspecified atom stereocenters. The van der Waals surface area contributed by atoms with Crippen molar-refractivity contribution < 1.29 is 8.42 Å². The molecule has 1 aromatic carbocycles. The zero-order chi connectivity index (χ0) is 13.3. The van der Waals surface area contributed by atoms with E-state index in [0.29, 0.717) is 11.4 Å². The molecule has 0 aliphatic heterocycles. The fraction of sp³-hybridized carbons (Fsp3) is 0.500. The molecule has 1 aliphatic rings. The summed E-state index contributed by atoms with van der Waals surface area (Å²) in [5.41, 5.74) is 7.65. The second-order valence-corrected chi connectivity index (χ2v) is 7.62. The standard InChI is InChI=1S/C12H17BrN2O2S/c1-8-6-9(13)7-11(14)12(8)15-18(16,17)10-4-2-3-5-10/h6-7,10,15H,2-5,14H2,1H3. The molecule has 0 saturated heterocycles. The summed E-state index contributed by atoms with van der Waals surface area (Å²) in [6.45, 7) is 1.84. The molecule has 1 aliphatic carbocycles. The van der Waals surface area contributed by atoms with Crippen molar-refractivity contribution in [1.29, 1.82) is 0 Å². The molecule has 18 heavy (non-hydrogen) atoms. The van der Waals surface area contributed by atoms with Gasteiger partial charge in [0, 0.05) is 4.47 Å². The molecule has 4 nitrogen and oxygen atoms in total. The highest BCUT2D eigenvalue weighted by Crippen LogP contribution is 2.31. The highest BCUT2D eigenvalue weighted by atomic mass is 79.9. The van der Waals surface area contributed by atoms with Crippen molar-refractivity contribution in [3.63, 3.8) is 0 Å². The largest absolute Gasteiger partial charge is 0.397 e. The van der Waals surface area contributed by atoms with E-state index in [1.54, 1.807) is 6.07 Å². The SMILES string of the molecule is Cc1cc(Br)cc(N)c1NS(=O)(=O)C1CCCC1. The fourth-order valence-electron chi connectivity index (χ4n) is 2.33. The first-order valence-corrected chi connectivity index (χ1v) is 8.31. The molecule has 1 fully saturated rings. The minimum absolute atomic E-state index is 0.278. The number of aryl methyl sites for hydroxylation is 1. The third-order valence-electron chi connectivity index (χ3n) is 3.32. The van der Waals surface area contributed by atoms with Gasteiger partial charge in [0.25, 0.3) is 0 Å². The lowest BCUT2D eigenvalue weighted by molar-refractivity contribution is 0.585. The lowest BCUT2D eigenvalue weighted by Crippen LogP contribution is -2.26. The van der Waals surface area contributed by atoms with Gasteiger partial charge in [-0.3, -0.25) is 4.72 Å².